The van der Waals surface area contributed by atoms with E-state index in [1.165, 1.54) is 18.2 Å². The van der Waals surface area contributed by atoms with Gasteiger partial charge in [0.25, 0.3) is 0 Å². The van der Waals surface area contributed by atoms with Crippen molar-refractivity contribution in [2.24, 2.45) is 0 Å². The third kappa shape index (κ3) is 3.17. The fourth-order valence-electron chi connectivity index (χ4n) is 1.48. The molecule has 0 bridgehead atoms. The van der Waals surface area contributed by atoms with Gasteiger partial charge >= 0.3 is 0 Å². The molecule has 19 heavy (non-hydrogen) atoms. The van der Waals surface area contributed by atoms with Gasteiger partial charge in [0.05, 0.1) is 16.7 Å². The highest BCUT2D eigenvalue weighted by molar-refractivity contribution is 6.31. The molecule has 2 rings (SSSR count). The SMILES string of the molecule is N#Cc1ccc(COc2cccc(Cl)c2F)c(Cl)c1. The van der Waals surface area contributed by atoms with Gasteiger partial charge in [0.15, 0.2) is 11.6 Å². The van der Waals surface area contributed by atoms with Crippen LogP contribution in [0.4, 0.5) is 4.39 Å². The predicted octanol–water partition coefficient (Wildman–Crippen LogP) is 4.58. The average molecular weight is 296 g/mol. The number of halogens is 3. The number of hydrogen-bond acceptors (Lipinski definition) is 2. The second kappa shape index (κ2) is 5.92. The summed E-state index contributed by atoms with van der Waals surface area (Å²) in [6, 6.07) is 11.3. The minimum Gasteiger partial charge on any atom is -0.486 e. The zero-order chi connectivity index (χ0) is 13.8. The van der Waals surface area contributed by atoms with Gasteiger partial charge in [-0.25, -0.2) is 4.39 Å². The molecule has 2 aromatic rings. The largest absolute Gasteiger partial charge is 0.486 e. The Balaban J connectivity index is 2.15. The molecule has 0 unspecified atom stereocenters. The lowest BCUT2D eigenvalue weighted by molar-refractivity contribution is 0.290. The standard InChI is InChI=1S/C14H8Cl2FNO/c15-11-2-1-3-13(14(11)17)19-8-10-5-4-9(7-18)6-12(10)16/h1-6H,8H2. The number of nitrogens with zero attached hydrogens (tertiary/aromatic N) is 1. The van der Waals surface area contributed by atoms with Crippen LogP contribution in [0.2, 0.25) is 10.0 Å². The zero-order valence-electron chi connectivity index (χ0n) is 9.66. The number of benzene rings is 2. The number of rotatable bonds is 3. The topological polar surface area (TPSA) is 33.0 Å². The van der Waals surface area contributed by atoms with E-state index in [1.54, 1.807) is 18.2 Å². The molecule has 2 nitrogen and oxygen atoms in total. The Morgan fingerprint density at radius 2 is 1.95 bits per heavy atom. The first-order chi connectivity index (χ1) is 9.11. The van der Waals surface area contributed by atoms with E-state index in [0.29, 0.717) is 16.1 Å². The van der Waals surface area contributed by atoms with Crippen LogP contribution in [0, 0.1) is 17.1 Å². The molecule has 0 N–H and O–H groups in total. The number of hydrogen-bond donors (Lipinski definition) is 0. The quantitative estimate of drug-likeness (QED) is 0.830. The Morgan fingerprint density at radius 1 is 1.16 bits per heavy atom. The smallest absolute Gasteiger partial charge is 0.183 e. The number of ether oxygens (including phenoxy) is 1. The summed E-state index contributed by atoms with van der Waals surface area (Å²) in [5.74, 6) is -0.540. The Bertz CT molecular complexity index is 652. The van der Waals surface area contributed by atoms with E-state index in [4.69, 9.17) is 33.2 Å². The fraction of sp³-hybridized carbons (Fsp3) is 0.0714. The lowest BCUT2D eigenvalue weighted by Crippen LogP contribution is -1.98. The first-order valence-corrected chi connectivity index (χ1v) is 6.12. The molecule has 0 aromatic heterocycles. The monoisotopic (exact) mass is 295 g/mol. The van der Waals surface area contributed by atoms with Crippen molar-refractivity contribution >= 4 is 23.2 Å². The molecular formula is C14H8Cl2FNO. The summed E-state index contributed by atoms with van der Waals surface area (Å²) in [4.78, 5) is 0. The molecule has 0 aliphatic rings. The molecule has 0 saturated carbocycles. The highest BCUT2D eigenvalue weighted by Gasteiger charge is 2.09. The van der Waals surface area contributed by atoms with Gasteiger partial charge in [-0.1, -0.05) is 35.3 Å². The van der Waals surface area contributed by atoms with Gasteiger partial charge in [0.2, 0.25) is 0 Å². The molecule has 2 aromatic carbocycles. The Morgan fingerprint density at radius 3 is 2.63 bits per heavy atom. The molecule has 5 heteroatoms. The van der Waals surface area contributed by atoms with Crippen molar-refractivity contribution in [3.63, 3.8) is 0 Å². The zero-order valence-corrected chi connectivity index (χ0v) is 11.2. The lowest BCUT2D eigenvalue weighted by Gasteiger charge is -2.09. The summed E-state index contributed by atoms with van der Waals surface area (Å²) in [5.41, 5.74) is 1.13. The molecule has 0 aliphatic heterocycles. The van der Waals surface area contributed by atoms with Gasteiger partial charge in [-0.3, -0.25) is 0 Å². The normalized spacial score (nSPS) is 10.0. The van der Waals surface area contributed by atoms with Gasteiger partial charge in [-0.2, -0.15) is 5.26 Å². The van der Waals surface area contributed by atoms with Crippen molar-refractivity contribution in [1.82, 2.24) is 0 Å². The third-order valence-electron chi connectivity index (χ3n) is 2.48. The van der Waals surface area contributed by atoms with E-state index < -0.39 is 5.82 Å². The van der Waals surface area contributed by atoms with Crippen LogP contribution in [0.25, 0.3) is 0 Å². The Kier molecular flexibility index (Phi) is 4.26. The van der Waals surface area contributed by atoms with E-state index in [1.807, 2.05) is 6.07 Å². The average Bonchev–Trinajstić information content (AvgIpc) is 2.41. The van der Waals surface area contributed by atoms with Crippen molar-refractivity contribution in [1.29, 1.82) is 5.26 Å². The molecule has 0 fully saturated rings. The molecule has 0 saturated heterocycles. The Hall–Kier alpha value is -1.76. The van der Waals surface area contributed by atoms with Crippen molar-refractivity contribution in [2.45, 2.75) is 6.61 Å². The third-order valence-corrected chi connectivity index (χ3v) is 3.13. The van der Waals surface area contributed by atoms with Crippen LogP contribution < -0.4 is 4.74 Å². The summed E-state index contributed by atoms with van der Waals surface area (Å²) in [7, 11) is 0. The summed E-state index contributed by atoms with van der Waals surface area (Å²) in [5, 5.41) is 9.13. The Labute approximate surface area is 119 Å². The highest BCUT2D eigenvalue weighted by atomic mass is 35.5. The summed E-state index contributed by atoms with van der Waals surface area (Å²) in [6.07, 6.45) is 0. The van der Waals surface area contributed by atoms with Crippen LogP contribution in [0.5, 0.6) is 5.75 Å². The van der Waals surface area contributed by atoms with Crippen LogP contribution >= 0.6 is 23.2 Å². The van der Waals surface area contributed by atoms with Crippen LogP contribution in [0.15, 0.2) is 36.4 Å². The summed E-state index contributed by atoms with van der Waals surface area (Å²) >= 11 is 11.6. The maximum Gasteiger partial charge on any atom is 0.183 e. The molecular weight excluding hydrogens is 288 g/mol. The number of nitriles is 1. The molecule has 0 aliphatic carbocycles. The van der Waals surface area contributed by atoms with Crippen LogP contribution in [0.3, 0.4) is 0 Å². The first kappa shape index (κ1) is 13.7. The minimum atomic E-state index is -0.603. The van der Waals surface area contributed by atoms with E-state index in [2.05, 4.69) is 0 Å². The molecule has 0 radical (unpaired) electrons. The second-order valence-corrected chi connectivity index (χ2v) is 4.57. The van der Waals surface area contributed by atoms with Crippen molar-refractivity contribution in [2.75, 3.05) is 0 Å². The van der Waals surface area contributed by atoms with Crippen LogP contribution in [0.1, 0.15) is 11.1 Å². The fourth-order valence-corrected chi connectivity index (χ4v) is 1.89. The van der Waals surface area contributed by atoms with Crippen LogP contribution in [-0.2, 0) is 6.61 Å². The van der Waals surface area contributed by atoms with Gasteiger partial charge in [0.1, 0.15) is 6.61 Å². The summed E-state index contributed by atoms with van der Waals surface area (Å²) in [6.45, 7) is 0.0990. The van der Waals surface area contributed by atoms with Crippen LogP contribution in [-0.4, -0.2) is 0 Å². The van der Waals surface area contributed by atoms with Crippen molar-refractivity contribution < 1.29 is 9.13 Å². The van der Waals surface area contributed by atoms with E-state index in [0.717, 1.165) is 0 Å². The molecule has 0 amide bonds. The molecule has 0 heterocycles. The maximum absolute atomic E-state index is 13.6. The van der Waals surface area contributed by atoms with E-state index in [-0.39, 0.29) is 17.4 Å². The van der Waals surface area contributed by atoms with E-state index in [9.17, 15) is 4.39 Å². The van der Waals surface area contributed by atoms with Gasteiger partial charge in [-0.15, -0.1) is 0 Å². The van der Waals surface area contributed by atoms with Gasteiger partial charge in [-0.05, 0) is 24.3 Å². The summed E-state index contributed by atoms with van der Waals surface area (Å²) < 4.78 is 18.9. The second-order valence-electron chi connectivity index (χ2n) is 3.76. The highest BCUT2D eigenvalue weighted by Crippen LogP contribution is 2.26. The molecule has 0 atom stereocenters. The first-order valence-electron chi connectivity index (χ1n) is 5.37. The predicted molar refractivity (Wildman–Crippen MR) is 71.9 cm³/mol. The van der Waals surface area contributed by atoms with Gasteiger partial charge < -0.3 is 4.74 Å². The van der Waals surface area contributed by atoms with Crippen molar-refractivity contribution in [3.05, 3.63) is 63.4 Å². The lowest BCUT2D eigenvalue weighted by atomic mass is 10.1. The maximum atomic E-state index is 13.6. The van der Waals surface area contributed by atoms with E-state index >= 15 is 0 Å². The van der Waals surface area contributed by atoms with Crippen molar-refractivity contribution in [3.8, 4) is 11.8 Å². The minimum absolute atomic E-state index is 0.00317. The molecule has 0 spiro atoms. The molecule has 96 valence electrons. The van der Waals surface area contributed by atoms with Gasteiger partial charge in [0, 0.05) is 10.6 Å².